The fraction of sp³-hybridized carbons (Fsp3) is 0.304. The number of nitrogens with zero attached hydrogens (tertiary/aromatic N) is 4. The zero-order valence-corrected chi connectivity index (χ0v) is 19.2. The quantitative estimate of drug-likeness (QED) is 0.631. The van der Waals surface area contributed by atoms with Crippen LogP contribution < -0.4 is 10.2 Å². The molecule has 0 unspecified atom stereocenters. The Bertz CT molecular complexity index is 1220. The predicted octanol–water partition coefficient (Wildman–Crippen LogP) is 3.80. The standard InChI is InChI=1S/C23H26FN5O2S/c1-16-4-7-20(8-5-16)26-23-25-18(3)15-22(27-23)28-10-12-29(13-11-28)32(30,31)21-9-6-19(24)14-17(21)2/h4-9,14-15H,10-13H2,1-3H3,(H,25,26,27). The average molecular weight is 456 g/mol. The first-order valence-electron chi connectivity index (χ1n) is 10.4. The lowest BCUT2D eigenvalue weighted by molar-refractivity contribution is 0.383. The predicted molar refractivity (Wildman–Crippen MR) is 123 cm³/mol. The molecule has 7 nitrogen and oxygen atoms in total. The van der Waals surface area contributed by atoms with Crippen LogP contribution in [0.15, 0.2) is 53.4 Å². The summed E-state index contributed by atoms with van der Waals surface area (Å²) in [5.41, 5.74) is 3.30. The molecule has 1 aliphatic heterocycles. The van der Waals surface area contributed by atoms with Gasteiger partial charge >= 0.3 is 0 Å². The van der Waals surface area contributed by atoms with Gasteiger partial charge in [0.1, 0.15) is 11.6 Å². The van der Waals surface area contributed by atoms with Crippen LogP contribution in [0, 0.1) is 26.6 Å². The second kappa shape index (κ2) is 8.84. The van der Waals surface area contributed by atoms with Crippen molar-refractivity contribution in [3.63, 3.8) is 0 Å². The summed E-state index contributed by atoms with van der Waals surface area (Å²) >= 11 is 0. The lowest BCUT2D eigenvalue weighted by Gasteiger charge is -2.35. The van der Waals surface area contributed by atoms with E-state index in [0.29, 0.717) is 37.7 Å². The zero-order valence-electron chi connectivity index (χ0n) is 18.3. The van der Waals surface area contributed by atoms with Gasteiger partial charge in [0.05, 0.1) is 4.90 Å². The molecule has 1 aromatic heterocycles. The molecule has 0 atom stereocenters. The van der Waals surface area contributed by atoms with Crippen molar-refractivity contribution in [2.45, 2.75) is 25.7 Å². The van der Waals surface area contributed by atoms with E-state index in [1.165, 1.54) is 28.1 Å². The Morgan fingerprint density at radius 3 is 2.25 bits per heavy atom. The monoisotopic (exact) mass is 455 g/mol. The van der Waals surface area contributed by atoms with Gasteiger partial charge in [0.2, 0.25) is 16.0 Å². The molecule has 0 aliphatic carbocycles. The second-order valence-electron chi connectivity index (χ2n) is 7.98. The molecule has 1 saturated heterocycles. The molecule has 2 aromatic carbocycles. The minimum Gasteiger partial charge on any atom is -0.354 e. The van der Waals surface area contributed by atoms with Gasteiger partial charge in [0, 0.05) is 43.6 Å². The van der Waals surface area contributed by atoms with Crippen molar-refractivity contribution < 1.29 is 12.8 Å². The molecule has 0 bridgehead atoms. The van der Waals surface area contributed by atoms with Gasteiger partial charge in [0.25, 0.3) is 0 Å². The van der Waals surface area contributed by atoms with Gasteiger partial charge in [0.15, 0.2) is 0 Å². The van der Waals surface area contributed by atoms with Gasteiger partial charge < -0.3 is 10.2 Å². The molecule has 32 heavy (non-hydrogen) atoms. The number of sulfonamides is 1. The molecule has 3 aromatic rings. The highest BCUT2D eigenvalue weighted by Gasteiger charge is 2.30. The van der Waals surface area contributed by atoms with Gasteiger partial charge in [-0.1, -0.05) is 17.7 Å². The zero-order chi connectivity index (χ0) is 22.9. The molecule has 0 amide bonds. The van der Waals surface area contributed by atoms with Crippen molar-refractivity contribution >= 4 is 27.5 Å². The minimum atomic E-state index is -3.68. The average Bonchev–Trinajstić information content (AvgIpc) is 2.75. The molecular weight excluding hydrogens is 429 g/mol. The number of piperazine rings is 1. The molecular formula is C23H26FN5O2S. The summed E-state index contributed by atoms with van der Waals surface area (Å²) in [6, 6.07) is 13.6. The van der Waals surface area contributed by atoms with Crippen LogP contribution in [0.2, 0.25) is 0 Å². The van der Waals surface area contributed by atoms with Crippen LogP contribution in [0.5, 0.6) is 0 Å². The number of aryl methyl sites for hydroxylation is 3. The summed E-state index contributed by atoms with van der Waals surface area (Å²) in [7, 11) is -3.68. The third-order valence-corrected chi connectivity index (χ3v) is 7.52. The fourth-order valence-electron chi connectivity index (χ4n) is 3.73. The largest absolute Gasteiger partial charge is 0.354 e. The van der Waals surface area contributed by atoms with E-state index in [4.69, 9.17) is 0 Å². The topological polar surface area (TPSA) is 78.4 Å². The SMILES string of the molecule is Cc1ccc(Nc2nc(C)cc(N3CCN(S(=O)(=O)c4ccc(F)cc4C)CC3)n2)cc1. The Morgan fingerprint density at radius 1 is 0.906 bits per heavy atom. The Hall–Kier alpha value is -3.04. The van der Waals surface area contributed by atoms with Crippen LogP contribution in [0.3, 0.4) is 0 Å². The van der Waals surface area contributed by atoms with Crippen LogP contribution >= 0.6 is 0 Å². The number of hydrogen-bond acceptors (Lipinski definition) is 6. The maximum Gasteiger partial charge on any atom is 0.243 e. The van der Waals surface area contributed by atoms with Gasteiger partial charge in [-0.15, -0.1) is 0 Å². The van der Waals surface area contributed by atoms with Crippen molar-refractivity contribution in [2.24, 2.45) is 0 Å². The third-order valence-electron chi connectivity index (χ3n) is 5.47. The van der Waals surface area contributed by atoms with E-state index in [1.807, 2.05) is 44.2 Å². The number of aromatic nitrogens is 2. The first-order chi connectivity index (χ1) is 15.2. The molecule has 0 saturated carbocycles. The Morgan fingerprint density at radius 2 is 1.59 bits per heavy atom. The van der Waals surface area contributed by atoms with E-state index < -0.39 is 15.8 Å². The van der Waals surface area contributed by atoms with Crippen molar-refractivity contribution in [2.75, 3.05) is 36.4 Å². The number of anilines is 3. The molecule has 1 aliphatic rings. The summed E-state index contributed by atoms with van der Waals surface area (Å²) in [6.07, 6.45) is 0. The van der Waals surface area contributed by atoms with E-state index >= 15 is 0 Å². The lowest BCUT2D eigenvalue weighted by atomic mass is 10.2. The van der Waals surface area contributed by atoms with Crippen LogP contribution in [0.4, 0.5) is 21.8 Å². The van der Waals surface area contributed by atoms with E-state index in [1.54, 1.807) is 6.92 Å². The second-order valence-corrected chi connectivity index (χ2v) is 9.89. The molecule has 0 radical (unpaired) electrons. The first kappa shape index (κ1) is 22.2. The lowest BCUT2D eigenvalue weighted by Crippen LogP contribution is -2.49. The van der Waals surface area contributed by atoms with Crippen molar-refractivity contribution in [3.05, 3.63) is 71.2 Å². The van der Waals surface area contributed by atoms with Crippen molar-refractivity contribution in [3.8, 4) is 0 Å². The van der Waals surface area contributed by atoms with Gasteiger partial charge in [-0.25, -0.2) is 17.8 Å². The summed E-state index contributed by atoms with van der Waals surface area (Å²) < 4.78 is 40.9. The van der Waals surface area contributed by atoms with Crippen LogP contribution in [-0.4, -0.2) is 48.9 Å². The molecule has 1 N–H and O–H groups in total. The number of nitrogens with one attached hydrogen (secondary N) is 1. The van der Waals surface area contributed by atoms with E-state index in [2.05, 4.69) is 20.2 Å². The number of benzene rings is 2. The van der Waals surface area contributed by atoms with Crippen LogP contribution in [0.25, 0.3) is 0 Å². The highest BCUT2D eigenvalue weighted by molar-refractivity contribution is 7.89. The third kappa shape index (κ3) is 4.73. The van der Waals surface area contributed by atoms with Crippen molar-refractivity contribution in [1.29, 1.82) is 0 Å². The van der Waals surface area contributed by atoms with E-state index in [9.17, 15) is 12.8 Å². The molecule has 0 spiro atoms. The molecule has 2 heterocycles. The van der Waals surface area contributed by atoms with E-state index in [0.717, 1.165) is 17.2 Å². The maximum atomic E-state index is 13.4. The summed E-state index contributed by atoms with van der Waals surface area (Å²) in [5, 5.41) is 3.23. The Balaban J connectivity index is 1.48. The smallest absolute Gasteiger partial charge is 0.243 e. The van der Waals surface area contributed by atoms with Crippen LogP contribution in [-0.2, 0) is 10.0 Å². The maximum absolute atomic E-state index is 13.4. The highest BCUT2D eigenvalue weighted by atomic mass is 32.2. The van der Waals surface area contributed by atoms with Gasteiger partial charge in [-0.2, -0.15) is 9.29 Å². The highest BCUT2D eigenvalue weighted by Crippen LogP contribution is 2.24. The normalized spacial score (nSPS) is 15.1. The summed E-state index contributed by atoms with van der Waals surface area (Å²) in [4.78, 5) is 11.3. The summed E-state index contributed by atoms with van der Waals surface area (Å²) in [6.45, 7) is 7.19. The molecule has 4 rings (SSSR count). The molecule has 1 fully saturated rings. The molecule has 9 heteroatoms. The van der Waals surface area contributed by atoms with Gasteiger partial charge in [-0.05, 0) is 56.7 Å². The first-order valence-corrected chi connectivity index (χ1v) is 11.9. The van der Waals surface area contributed by atoms with Crippen molar-refractivity contribution in [1.82, 2.24) is 14.3 Å². The Labute approximate surface area is 188 Å². The molecule has 168 valence electrons. The fourth-order valence-corrected chi connectivity index (χ4v) is 5.36. The minimum absolute atomic E-state index is 0.148. The van der Waals surface area contributed by atoms with Crippen LogP contribution in [0.1, 0.15) is 16.8 Å². The van der Waals surface area contributed by atoms with E-state index in [-0.39, 0.29) is 4.90 Å². The number of halogens is 1. The Kier molecular flexibility index (Phi) is 6.12. The van der Waals surface area contributed by atoms with Gasteiger partial charge in [-0.3, -0.25) is 0 Å². The number of hydrogen-bond donors (Lipinski definition) is 1. The number of rotatable bonds is 5. The summed E-state index contributed by atoms with van der Waals surface area (Å²) in [5.74, 6) is 0.809.